The van der Waals surface area contributed by atoms with E-state index in [0.29, 0.717) is 24.5 Å². The van der Waals surface area contributed by atoms with Gasteiger partial charge in [-0.2, -0.15) is 13.2 Å². The van der Waals surface area contributed by atoms with E-state index < -0.39 is 34.5 Å². The number of carbonyl (C=O) groups is 1. The second-order valence-electron chi connectivity index (χ2n) is 8.08. The van der Waals surface area contributed by atoms with E-state index >= 15 is 0 Å². The lowest BCUT2D eigenvalue weighted by molar-refractivity contribution is -0.141. The molecule has 7 nitrogen and oxygen atoms in total. The molecule has 0 spiro atoms. The van der Waals surface area contributed by atoms with Gasteiger partial charge in [-0.05, 0) is 44.4 Å². The van der Waals surface area contributed by atoms with Crippen LogP contribution in [0.2, 0.25) is 5.02 Å². The molecule has 0 aliphatic carbocycles. The molecule has 0 saturated carbocycles. The molecule has 2 aliphatic heterocycles. The lowest BCUT2D eigenvalue weighted by Gasteiger charge is -2.52. The summed E-state index contributed by atoms with van der Waals surface area (Å²) in [6, 6.07) is 4.63. The summed E-state index contributed by atoms with van der Waals surface area (Å²) in [6.45, 7) is 2.23. The van der Waals surface area contributed by atoms with Crippen LogP contribution < -0.4 is 5.73 Å². The van der Waals surface area contributed by atoms with Gasteiger partial charge in [0.1, 0.15) is 5.66 Å². The summed E-state index contributed by atoms with van der Waals surface area (Å²) in [4.78, 5) is 20.3. The Hall–Kier alpha value is -2.50. The van der Waals surface area contributed by atoms with Crippen molar-refractivity contribution in [2.24, 2.45) is 5.73 Å². The second kappa shape index (κ2) is 7.26. The van der Waals surface area contributed by atoms with Gasteiger partial charge in [-0.3, -0.25) is 9.78 Å². The van der Waals surface area contributed by atoms with Gasteiger partial charge in [0.15, 0.2) is 17.3 Å². The Morgan fingerprint density at radius 2 is 2.09 bits per heavy atom. The molecule has 168 valence electrons. The highest BCUT2D eigenvalue weighted by atomic mass is 35.5. The Balaban J connectivity index is 1.59. The van der Waals surface area contributed by atoms with Gasteiger partial charge in [-0.25, -0.2) is 0 Å². The van der Waals surface area contributed by atoms with E-state index in [1.807, 2.05) is 23.6 Å². The maximum Gasteiger partial charge on any atom is 0.434 e. The number of carbonyl (C=O) groups excluding carboxylic acids is 1. The molecule has 2 bridgehead atoms. The van der Waals surface area contributed by atoms with Crippen LogP contribution in [-0.4, -0.2) is 36.2 Å². The van der Waals surface area contributed by atoms with Gasteiger partial charge in [0.25, 0.3) is 5.91 Å². The molecule has 0 unspecified atom stereocenters. The Morgan fingerprint density at radius 3 is 2.78 bits per heavy atom. The summed E-state index contributed by atoms with van der Waals surface area (Å²) in [5.41, 5.74) is 4.05. The predicted octanol–water partition coefficient (Wildman–Crippen LogP) is 4.42. The zero-order valence-electron chi connectivity index (χ0n) is 16.9. The number of piperidine rings is 1. The van der Waals surface area contributed by atoms with Crippen molar-refractivity contribution < 1.29 is 18.0 Å². The number of fused-ring (bicyclic) bond motifs is 4. The van der Waals surface area contributed by atoms with E-state index in [1.165, 1.54) is 11.0 Å². The number of thiophene rings is 1. The van der Waals surface area contributed by atoms with Crippen LogP contribution in [0.3, 0.4) is 0 Å². The van der Waals surface area contributed by atoms with Crippen molar-refractivity contribution in [3.63, 3.8) is 0 Å². The van der Waals surface area contributed by atoms with E-state index in [1.54, 1.807) is 11.3 Å². The first-order valence-corrected chi connectivity index (χ1v) is 11.1. The lowest BCUT2D eigenvalue weighted by atomic mass is 9.86. The van der Waals surface area contributed by atoms with Gasteiger partial charge < -0.3 is 15.2 Å². The van der Waals surface area contributed by atoms with Crippen LogP contribution in [0, 0.1) is 6.92 Å². The fourth-order valence-corrected chi connectivity index (χ4v) is 5.73. The van der Waals surface area contributed by atoms with E-state index in [9.17, 15) is 18.0 Å². The van der Waals surface area contributed by atoms with Crippen molar-refractivity contribution >= 4 is 28.8 Å². The van der Waals surface area contributed by atoms with Crippen LogP contribution in [0.5, 0.6) is 0 Å². The standard InChI is InChI=1S/C20H18ClF3N6OS/c1-10-4-5-13(32-10)17-28-27-16-12-3-2-7-19(25,9-29(16)17)30(12)18(31)11-6-8-26-15(14(11)21)20(22,23)24/h4-6,8,12H,2-3,7,9,25H2,1H3/t12-,19+/m0/s1. The Labute approximate surface area is 190 Å². The highest BCUT2D eigenvalue weighted by Gasteiger charge is 2.51. The molecule has 32 heavy (non-hydrogen) atoms. The number of hydrogen-bond donors (Lipinski definition) is 1. The van der Waals surface area contributed by atoms with Crippen molar-refractivity contribution in [2.45, 2.75) is 50.6 Å². The first-order valence-electron chi connectivity index (χ1n) is 9.94. The van der Waals surface area contributed by atoms with Crippen molar-refractivity contribution in [1.29, 1.82) is 0 Å². The van der Waals surface area contributed by atoms with Gasteiger partial charge >= 0.3 is 6.18 Å². The third-order valence-corrected chi connectivity index (χ3v) is 7.33. The molecule has 3 aromatic rings. The second-order valence-corrected chi connectivity index (χ2v) is 9.75. The van der Waals surface area contributed by atoms with Crippen LogP contribution in [0.1, 0.15) is 52.1 Å². The van der Waals surface area contributed by atoms with Crippen LogP contribution >= 0.6 is 22.9 Å². The highest BCUT2D eigenvalue weighted by molar-refractivity contribution is 7.15. The predicted molar refractivity (Wildman–Crippen MR) is 112 cm³/mol. The molecular weight excluding hydrogens is 465 g/mol. The Morgan fingerprint density at radius 1 is 1.31 bits per heavy atom. The van der Waals surface area contributed by atoms with Crippen LogP contribution in [0.4, 0.5) is 13.2 Å². The van der Waals surface area contributed by atoms with Crippen molar-refractivity contribution in [3.8, 4) is 10.7 Å². The zero-order chi connectivity index (χ0) is 22.8. The average Bonchev–Trinajstić information content (AvgIpc) is 3.31. The Kier molecular flexibility index (Phi) is 4.84. The van der Waals surface area contributed by atoms with Gasteiger partial charge in [-0.1, -0.05) is 11.6 Å². The van der Waals surface area contributed by atoms with E-state index in [2.05, 4.69) is 15.2 Å². The SMILES string of the molecule is Cc1ccc(-c2nnc3n2C[C@@]2(N)CCC[C@@H]3N2C(=O)c2ccnc(C(F)(F)F)c2Cl)s1. The molecule has 5 heterocycles. The molecule has 0 radical (unpaired) electrons. The molecule has 2 N–H and O–H groups in total. The molecule has 1 fully saturated rings. The molecular formula is C20H18ClF3N6OS. The number of nitrogens with two attached hydrogens (primary N) is 1. The minimum absolute atomic E-state index is 0.235. The van der Waals surface area contributed by atoms with E-state index in [0.717, 1.165) is 22.4 Å². The summed E-state index contributed by atoms with van der Waals surface area (Å²) in [6.07, 6.45) is -2.03. The minimum atomic E-state index is -4.78. The topological polar surface area (TPSA) is 89.9 Å². The molecule has 1 saturated heterocycles. The summed E-state index contributed by atoms with van der Waals surface area (Å²) in [7, 11) is 0. The van der Waals surface area contributed by atoms with E-state index in [4.69, 9.17) is 17.3 Å². The molecule has 3 aromatic heterocycles. The molecule has 12 heteroatoms. The summed E-state index contributed by atoms with van der Waals surface area (Å²) < 4.78 is 41.8. The van der Waals surface area contributed by atoms with Gasteiger partial charge in [0, 0.05) is 11.1 Å². The number of pyridine rings is 1. The maximum absolute atomic E-state index is 13.5. The lowest BCUT2D eigenvalue weighted by Crippen LogP contribution is -2.66. The Bertz CT molecular complexity index is 1220. The van der Waals surface area contributed by atoms with Gasteiger partial charge in [0.2, 0.25) is 0 Å². The van der Waals surface area contributed by atoms with Crippen LogP contribution in [0.25, 0.3) is 10.7 Å². The summed E-state index contributed by atoms with van der Waals surface area (Å²) >= 11 is 7.57. The fourth-order valence-electron chi connectivity index (χ4n) is 4.57. The van der Waals surface area contributed by atoms with Crippen molar-refractivity contribution in [2.75, 3.05) is 0 Å². The number of aryl methyl sites for hydroxylation is 1. The van der Waals surface area contributed by atoms with Gasteiger partial charge in [0.05, 0.1) is 28.0 Å². The summed E-state index contributed by atoms with van der Waals surface area (Å²) in [5, 5.41) is 7.96. The first kappa shape index (κ1) is 21.4. The third-order valence-electron chi connectivity index (χ3n) is 5.96. The third kappa shape index (κ3) is 3.22. The summed E-state index contributed by atoms with van der Waals surface area (Å²) in [5.74, 6) is 0.576. The number of aromatic nitrogens is 4. The largest absolute Gasteiger partial charge is 0.434 e. The molecule has 2 aliphatic rings. The van der Waals surface area contributed by atoms with Gasteiger partial charge in [-0.15, -0.1) is 21.5 Å². The molecule has 5 rings (SSSR count). The maximum atomic E-state index is 13.5. The van der Waals surface area contributed by atoms with E-state index in [-0.39, 0.29) is 12.1 Å². The number of rotatable bonds is 2. The monoisotopic (exact) mass is 482 g/mol. The fraction of sp³-hybridized carbons (Fsp3) is 0.400. The average molecular weight is 483 g/mol. The van der Waals surface area contributed by atoms with Crippen LogP contribution in [-0.2, 0) is 12.7 Å². The zero-order valence-corrected chi connectivity index (χ0v) is 18.4. The molecule has 2 atom stereocenters. The normalized spacial score (nSPS) is 22.7. The number of halogens is 4. The first-order chi connectivity index (χ1) is 15.1. The minimum Gasteiger partial charge on any atom is -0.308 e. The highest BCUT2D eigenvalue weighted by Crippen LogP contribution is 2.45. The molecule has 0 aromatic carbocycles. The number of alkyl halides is 3. The van der Waals surface area contributed by atoms with Crippen molar-refractivity contribution in [3.05, 3.63) is 51.4 Å². The number of amides is 1. The molecule has 1 amide bonds. The smallest absolute Gasteiger partial charge is 0.308 e. The van der Waals surface area contributed by atoms with Crippen molar-refractivity contribution in [1.82, 2.24) is 24.6 Å². The van der Waals surface area contributed by atoms with Crippen LogP contribution in [0.15, 0.2) is 24.4 Å². The number of nitrogens with zero attached hydrogens (tertiary/aromatic N) is 5. The quantitative estimate of drug-likeness (QED) is 0.584. The number of hydrogen-bond acceptors (Lipinski definition) is 6.